The zero-order valence-corrected chi connectivity index (χ0v) is 12.0. The summed E-state index contributed by atoms with van der Waals surface area (Å²) >= 11 is 0. The number of benzene rings is 1. The topological polar surface area (TPSA) is 30.5 Å². The maximum atomic E-state index is 5.95. The van der Waals surface area contributed by atoms with Gasteiger partial charge in [-0.1, -0.05) is 19.9 Å². The van der Waals surface area contributed by atoms with Crippen LogP contribution >= 0.6 is 0 Å². The summed E-state index contributed by atoms with van der Waals surface area (Å²) in [6.07, 6.45) is 2.36. The molecule has 3 nitrogen and oxygen atoms in total. The monoisotopic (exact) mass is 251 g/mol. The molecule has 0 bridgehead atoms. The molecule has 0 spiro atoms. The van der Waals surface area contributed by atoms with E-state index < -0.39 is 0 Å². The minimum absolute atomic E-state index is 0.224. The summed E-state index contributed by atoms with van der Waals surface area (Å²) in [7, 11) is 1.68. The summed E-state index contributed by atoms with van der Waals surface area (Å²) in [4.78, 5) is 0. The summed E-state index contributed by atoms with van der Waals surface area (Å²) in [5.41, 5.74) is 1.18. The molecule has 1 aromatic carbocycles. The number of methoxy groups -OCH3 is 1. The number of ether oxygens (including phenoxy) is 2. The summed E-state index contributed by atoms with van der Waals surface area (Å²) in [5.74, 6) is 1.76. The van der Waals surface area contributed by atoms with E-state index in [1.807, 2.05) is 12.1 Å². The molecule has 102 valence electrons. The third-order valence-electron chi connectivity index (χ3n) is 2.92. The van der Waals surface area contributed by atoms with Gasteiger partial charge in [-0.25, -0.2) is 0 Å². The van der Waals surface area contributed by atoms with E-state index in [4.69, 9.17) is 9.47 Å². The molecule has 0 aliphatic heterocycles. The van der Waals surface area contributed by atoms with Gasteiger partial charge in [-0.05, 0) is 32.4 Å². The van der Waals surface area contributed by atoms with Crippen LogP contribution in [0.1, 0.15) is 39.2 Å². The van der Waals surface area contributed by atoms with E-state index in [1.165, 1.54) is 5.56 Å². The third kappa shape index (κ3) is 4.57. The summed E-state index contributed by atoms with van der Waals surface area (Å²) in [6, 6.07) is 6.01. The Labute approximate surface area is 110 Å². The summed E-state index contributed by atoms with van der Waals surface area (Å²) < 4.78 is 11.2. The van der Waals surface area contributed by atoms with Crippen LogP contribution in [0.15, 0.2) is 18.2 Å². The third-order valence-corrected chi connectivity index (χ3v) is 2.92. The van der Waals surface area contributed by atoms with Gasteiger partial charge in [-0.3, -0.25) is 0 Å². The van der Waals surface area contributed by atoms with Gasteiger partial charge in [0.15, 0.2) is 0 Å². The zero-order valence-electron chi connectivity index (χ0n) is 12.0. The smallest absolute Gasteiger partial charge is 0.127 e. The van der Waals surface area contributed by atoms with E-state index in [-0.39, 0.29) is 6.10 Å². The standard InChI is InChI=1S/C15H25NO2/c1-5-9-16-11-13-7-8-14(17-4)10-15(13)18-12(3)6-2/h7-8,10,12,16H,5-6,9,11H2,1-4H3. The Hall–Kier alpha value is -1.22. The summed E-state index contributed by atoms with van der Waals surface area (Å²) in [6.45, 7) is 8.23. The van der Waals surface area contributed by atoms with Gasteiger partial charge in [0, 0.05) is 18.2 Å². The molecular formula is C15H25NO2. The van der Waals surface area contributed by atoms with Crippen molar-refractivity contribution in [1.29, 1.82) is 0 Å². The van der Waals surface area contributed by atoms with Crippen molar-refractivity contribution in [3.8, 4) is 11.5 Å². The number of hydrogen-bond acceptors (Lipinski definition) is 3. The quantitative estimate of drug-likeness (QED) is 0.719. The van der Waals surface area contributed by atoms with Crippen LogP contribution in [0.3, 0.4) is 0 Å². The molecule has 1 N–H and O–H groups in total. The number of nitrogens with one attached hydrogen (secondary N) is 1. The zero-order chi connectivity index (χ0) is 13.4. The van der Waals surface area contributed by atoms with E-state index in [0.29, 0.717) is 0 Å². The largest absolute Gasteiger partial charge is 0.497 e. The molecule has 0 heterocycles. The number of hydrogen-bond donors (Lipinski definition) is 1. The van der Waals surface area contributed by atoms with Gasteiger partial charge in [-0.2, -0.15) is 0 Å². The average Bonchev–Trinajstić information content (AvgIpc) is 2.40. The first kappa shape index (κ1) is 14.8. The predicted octanol–water partition coefficient (Wildman–Crippen LogP) is 3.37. The lowest BCUT2D eigenvalue weighted by molar-refractivity contribution is 0.214. The molecule has 18 heavy (non-hydrogen) atoms. The van der Waals surface area contributed by atoms with E-state index >= 15 is 0 Å². The van der Waals surface area contributed by atoms with E-state index in [0.717, 1.165) is 37.4 Å². The van der Waals surface area contributed by atoms with Gasteiger partial charge in [0.25, 0.3) is 0 Å². The van der Waals surface area contributed by atoms with E-state index in [2.05, 4.69) is 32.2 Å². The molecule has 1 atom stereocenters. The molecule has 0 aliphatic rings. The predicted molar refractivity (Wildman–Crippen MR) is 75.4 cm³/mol. The lowest BCUT2D eigenvalue weighted by atomic mass is 10.1. The average molecular weight is 251 g/mol. The highest BCUT2D eigenvalue weighted by molar-refractivity contribution is 5.40. The normalized spacial score (nSPS) is 12.2. The molecule has 0 aromatic heterocycles. The summed E-state index contributed by atoms with van der Waals surface area (Å²) in [5, 5.41) is 3.40. The van der Waals surface area contributed by atoms with Gasteiger partial charge in [0.1, 0.15) is 11.5 Å². The Morgan fingerprint density at radius 3 is 2.67 bits per heavy atom. The number of rotatable bonds is 8. The minimum atomic E-state index is 0.224. The van der Waals surface area contributed by atoms with Gasteiger partial charge in [-0.15, -0.1) is 0 Å². The highest BCUT2D eigenvalue weighted by Gasteiger charge is 2.08. The van der Waals surface area contributed by atoms with Gasteiger partial charge in [0.2, 0.25) is 0 Å². The van der Waals surface area contributed by atoms with Crippen molar-refractivity contribution in [1.82, 2.24) is 5.32 Å². The first-order valence-electron chi connectivity index (χ1n) is 6.75. The van der Waals surface area contributed by atoms with Crippen molar-refractivity contribution in [3.63, 3.8) is 0 Å². The first-order valence-corrected chi connectivity index (χ1v) is 6.75. The van der Waals surface area contributed by atoms with Gasteiger partial charge < -0.3 is 14.8 Å². The SMILES string of the molecule is CCCNCc1ccc(OC)cc1OC(C)CC. The minimum Gasteiger partial charge on any atom is -0.497 e. The molecular weight excluding hydrogens is 226 g/mol. The van der Waals surface area contributed by atoms with Crippen molar-refractivity contribution in [2.24, 2.45) is 0 Å². The lowest BCUT2D eigenvalue weighted by Gasteiger charge is -2.17. The van der Waals surface area contributed by atoms with Crippen LogP contribution in [0.2, 0.25) is 0 Å². The van der Waals surface area contributed by atoms with Crippen LogP contribution < -0.4 is 14.8 Å². The Morgan fingerprint density at radius 2 is 2.06 bits per heavy atom. The van der Waals surface area contributed by atoms with Crippen molar-refractivity contribution < 1.29 is 9.47 Å². The fourth-order valence-corrected chi connectivity index (χ4v) is 1.62. The molecule has 0 amide bonds. The second-order valence-electron chi connectivity index (χ2n) is 4.49. The molecule has 0 radical (unpaired) electrons. The second kappa shape index (κ2) is 7.98. The molecule has 1 aromatic rings. The molecule has 3 heteroatoms. The van der Waals surface area contributed by atoms with Crippen LogP contribution in [-0.4, -0.2) is 19.8 Å². The van der Waals surface area contributed by atoms with Crippen LogP contribution in [-0.2, 0) is 6.54 Å². The Kier molecular flexibility index (Phi) is 6.58. The van der Waals surface area contributed by atoms with Crippen molar-refractivity contribution in [2.75, 3.05) is 13.7 Å². The molecule has 1 unspecified atom stereocenters. The second-order valence-corrected chi connectivity index (χ2v) is 4.49. The van der Waals surface area contributed by atoms with Crippen LogP contribution in [0.5, 0.6) is 11.5 Å². The maximum Gasteiger partial charge on any atom is 0.127 e. The Balaban J connectivity index is 2.79. The Morgan fingerprint density at radius 1 is 1.28 bits per heavy atom. The molecule has 0 fully saturated rings. The highest BCUT2D eigenvalue weighted by atomic mass is 16.5. The fourth-order valence-electron chi connectivity index (χ4n) is 1.62. The lowest BCUT2D eigenvalue weighted by Crippen LogP contribution is -2.16. The Bertz CT molecular complexity index is 352. The molecule has 0 saturated heterocycles. The van der Waals surface area contributed by atoms with Gasteiger partial charge >= 0.3 is 0 Å². The fraction of sp³-hybridized carbons (Fsp3) is 0.600. The van der Waals surface area contributed by atoms with Crippen LogP contribution in [0, 0.1) is 0 Å². The van der Waals surface area contributed by atoms with Crippen molar-refractivity contribution >= 4 is 0 Å². The highest BCUT2D eigenvalue weighted by Crippen LogP contribution is 2.26. The molecule has 1 rings (SSSR count). The van der Waals surface area contributed by atoms with Crippen LogP contribution in [0.25, 0.3) is 0 Å². The molecule has 0 saturated carbocycles. The van der Waals surface area contributed by atoms with Crippen LogP contribution in [0.4, 0.5) is 0 Å². The van der Waals surface area contributed by atoms with Crippen molar-refractivity contribution in [3.05, 3.63) is 23.8 Å². The maximum absolute atomic E-state index is 5.95. The van der Waals surface area contributed by atoms with Gasteiger partial charge in [0.05, 0.1) is 13.2 Å². The molecule has 0 aliphatic carbocycles. The van der Waals surface area contributed by atoms with E-state index in [9.17, 15) is 0 Å². The van der Waals surface area contributed by atoms with E-state index in [1.54, 1.807) is 7.11 Å². The first-order chi connectivity index (χ1) is 8.71. The van der Waals surface area contributed by atoms with Crippen molar-refractivity contribution in [2.45, 2.75) is 46.3 Å².